The summed E-state index contributed by atoms with van der Waals surface area (Å²) in [5.41, 5.74) is 4.31. The van der Waals surface area contributed by atoms with Gasteiger partial charge in [-0.3, -0.25) is 0 Å². The van der Waals surface area contributed by atoms with Gasteiger partial charge < -0.3 is 4.90 Å². The Bertz CT molecular complexity index is 776. The van der Waals surface area contributed by atoms with E-state index in [0.717, 1.165) is 19.5 Å². The lowest BCUT2D eigenvalue weighted by Gasteiger charge is -2.20. The van der Waals surface area contributed by atoms with Crippen molar-refractivity contribution < 1.29 is 0 Å². The molecule has 0 fully saturated rings. The van der Waals surface area contributed by atoms with Crippen molar-refractivity contribution in [3.05, 3.63) is 83.4 Å². The van der Waals surface area contributed by atoms with Crippen LogP contribution in [0.1, 0.15) is 36.5 Å². The summed E-state index contributed by atoms with van der Waals surface area (Å²) in [6.07, 6.45) is 3.51. The number of fused-ring (bicyclic) bond motifs is 1. The lowest BCUT2D eigenvalue weighted by molar-refractivity contribution is 0.321. The first-order valence-corrected chi connectivity index (χ1v) is 9.00. The fourth-order valence-electron chi connectivity index (χ4n) is 3.33. The number of hydrogen-bond donors (Lipinski definition) is 0. The van der Waals surface area contributed by atoms with Crippen LogP contribution in [0.5, 0.6) is 0 Å². The van der Waals surface area contributed by atoms with Gasteiger partial charge in [0.25, 0.3) is 0 Å². The van der Waals surface area contributed by atoms with Gasteiger partial charge in [-0.2, -0.15) is 0 Å². The quantitative estimate of drug-likeness (QED) is 0.543. The summed E-state index contributed by atoms with van der Waals surface area (Å²) < 4.78 is 0. The van der Waals surface area contributed by atoms with Gasteiger partial charge in [0.15, 0.2) is 0 Å². The molecule has 3 aromatic rings. The molecule has 0 aliphatic heterocycles. The predicted molar refractivity (Wildman–Crippen MR) is 104 cm³/mol. The van der Waals surface area contributed by atoms with Crippen LogP contribution >= 0.6 is 0 Å². The molecule has 0 bridgehead atoms. The fraction of sp³-hybridized carbons (Fsp3) is 0.304. The van der Waals surface area contributed by atoms with Crippen LogP contribution in [0.2, 0.25) is 0 Å². The van der Waals surface area contributed by atoms with Gasteiger partial charge in [0.2, 0.25) is 0 Å². The van der Waals surface area contributed by atoms with Gasteiger partial charge in [0.05, 0.1) is 0 Å². The number of hydrogen-bond acceptors (Lipinski definition) is 1. The summed E-state index contributed by atoms with van der Waals surface area (Å²) in [5.74, 6) is 0. The van der Waals surface area contributed by atoms with Crippen LogP contribution in [0, 0.1) is 0 Å². The normalized spacial score (nSPS) is 11.3. The third kappa shape index (κ3) is 4.04. The number of benzene rings is 3. The van der Waals surface area contributed by atoms with Gasteiger partial charge in [-0.1, -0.05) is 80.1 Å². The highest BCUT2D eigenvalue weighted by Gasteiger charge is 2.10. The SMILES string of the molecule is CCCCN(C)Cc1c(Cc2ccccc2)ccc2ccccc12. The minimum Gasteiger partial charge on any atom is -0.302 e. The van der Waals surface area contributed by atoms with E-state index in [1.54, 1.807) is 0 Å². The highest BCUT2D eigenvalue weighted by Crippen LogP contribution is 2.26. The zero-order valence-electron chi connectivity index (χ0n) is 14.8. The van der Waals surface area contributed by atoms with Crippen molar-refractivity contribution in [3.8, 4) is 0 Å². The van der Waals surface area contributed by atoms with Gasteiger partial charge in [0, 0.05) is 6.54 Å². The molecule has 3 aromatic carbocycles. The summed E-state index contributed by atoms with van der Waals surface area (Å²) in [6, 6.07) is 24.1. The van der Waals surface area contributed by atoms with E-state index < -0.39 is 0 Å². The second-order valence-corrected chi connectivity index (χ2v) is 6.68. The Labute approximate surface area is 145 Å². The maximum absolute atomic E-state index is 2.46. The maximum atomic E-state index is 2.46. The van der Waals surface area contributed by atoms with E-state index in [4.69, 9.17) is 0 Å². The molecule has 0 aliphatic carbocycles. The third-order valence-corrected chi connectivity index (χ3v) is 4.70. The van der Waals surface area contributed by atoms with Crippen molar-refractivity contribution in [2.24, 2.45) is 0 Å². The molecule has 124 valence electrons. The highest BCUT2D eigenvalue weighted by molar-refractivity contribution is 5.86. The Kier molecular flexibility index (Phi) is 5.66. The Morgan fingerprint density at radius 2 is 1.58 bits per heavy atom. The van der Waals surface area contributed by atoms with Crippen molar-refractivity contribution in [2.45, 2.75) is 32.7 Å². The van der Waals surface area contributed by atoms with Gasteiger partial charge in [-0.15, -0.1) is 0 Å². The largest absolute Gasteiger partial charge is 0.302 e. The molecular formula is C23H27N. The molecule has 0 spiro atoms. The smallest absolute Gasteiger partial charge is 0.0239 e. The Morgan fingerprint density at radius 1 is 0.833 bits per heavy atom. The molecule has 24 heavy (non-hydrogen) atoms. The zero-order valence-corrected chi connectivity index (χ0v) is 14.8. The molecule has 0 heterocycles. The summed E-state index contributed by atoms with van der Waals surface area (Å²) in [7, 11) is 2.24. The average molecular weight is 317 g/mol. The van der Waals surface area contributed by atoms with E-state index in [1.807, 2.05) is 0 Å². The topological polar surface area (TPSA) is 3.24 Å². The number of unbranched alkanes of at least 4 members (excludes halogenated alkanes) is 1. The monoisotopic (exact) mass is 317 g/mol. The van der Waals surface area contributed by atoms with E-state index in [9.17, 15) is 0 Å². The minimum absolute atomic E-state index is 1.00. The predicted octanol–water partition coefficient (Wildman–Crippen LogP) is 5.66. The third-order valence-electron chi connectivity index (χ3n) is 4.70. The van der Waals surface area contributed by atoms with Gasteiger partial charge in [-0.05, 0) is 53.9 Å². The summed E-state index contributed by atoms with van der Waals surface area (Å²) >= 11 is 0. The van der Waals surface area contributed by atoms with Gasteiger partial charge >= 0.3 is 0 Å². The lowest BCUT2D eigenvalue weighted by atomic mass is 9.94. The van der Waals surface area contributed by atoms with Crippen LogP contribution in [0.3, 0.4) is 0 Å². The summed E-state index contributed by atoms with van der Waals surface area (Å²) in [5, 5.41) is 2.74. The molecule has 0 amide bonds. The standard InChI is InChI=1S/C23H27N/c1-3-4-16-24(2)18-23-21(17-19-10-6-5-7-11-19)15-14-20-12-8-9-13-22(20)23/h5-15H,3-4,16-18H2,1-2H3. The van der Waals surface area contributed by atoms with E-state index in [2.05, 4.69) is 85.6 Å². The zero-order chi connectivity index (χ0) is 16.8. The number of nitrogens with zero attached hydrogens (tertiary/aromatic N) is 1. The molecular weight excluding hydrogens is 290 g/mol. The van der Waals surface area contributed by atoms with Crippen molar-refractivity contribution in [2.75, 3.05) is 13.6 Å². The van der Waals surface area contributed by atoms with Crippen LogP contribution in [-0.4, -0.2) is 18.5 Å². The van der Waals surface area contributed by atoms with E-state index >= 15 is 0 Å². The minimum atomic E-state index is 1.00. The van der Waals surface area contributed by atoms with E-state index in [1.165, 1.54) is 40.3 Å². The summed E-state index contributed by atoms with van der Waals surface area (Å²) in [6.45, 7) is 4.43. The van der Waals surface area contributed by atoms with Crippen molar-refractivity contribution >= 4 is 10.8 Å². The first kappa shape index (κ1) is 16.7. The van der Waals surface area contributed by atoms with Crippen LogP contribution in [0.15, 0.2) is 66.7 Å². The van der Waals surface area contributed by atoms with Gasteiger partial charge in [0.1, 0.15) is 0 Å². The van der Waals surface area contributed by atoms with E-state index in [0.29, 0.717) is 0 Å². The lowest BCUT2D eigenvalue weighted by Crippen LogP contribution is -2.20. The van der Waals surface area contributed by atoms with Crippen molar-refractivity contribution in [1.29, 1.82) is 0 Å². The van der Waals surface area contributed by atoms with Crippen LogP contribution in [0.25, 0.3) is 10.8 Å². The Hall–Kier alpha value is -2.12. The second kappa shape index (κ2) is 8.12. The Morgan fingerprint density at radius 3 is 2.38 bits per heavy atom. The molecule has 1 heteroatoms. The average Bonchev–Trinajstić information content (AvgIpc) is 2.63. The fourth-order valence-corrected chi connectivity index (χ4v) is 3.33. The highest BCUT2D eigenvalue weighted by atomic mass is 15.1. The Balaban J connectivity index is 1.96. The molecule has 0 saturated carbocycles. The molecule has 0 atom stereocenters. The molecule has 0 saturated heterocycles. The first-order valence-electron chi connectivity index (χ1n) is 9.00. The molecule has 0 aliphatic rings. The molecule has 0 aromatic heterocycles. The van der Waals surface area contributed by atoms with E-state index in [-0.39, 0.29) is 0 Å². The van der Waals surface area contributed by atoms with Crippen molar-refractivity contribution in [1.82, 2.24) is 4.90 Å². The molecule has 0 N–H and O–H groups in total. The molecule has 3 rings (SSSR count). The molecule has 1 nitrogen and oxygen atoms in total. The van der Waals surface area contributed by atoms with Crippen LogP contribution in [-0.2, 0) is 13.0 Å². The van der Waals surface area contributed by atoms with Gasteiger partial charge in [-0.25, -0.2) is 0 Å². The van der Waals surface area contributed by atoms with Crippen molar-refractivity contribution in [3.63, 3.8) is 0 Å². The van der Waals surface area contributed by atoms with Crippen LogP contribution in [0.4, 0.5) is 0 Å². The number of rotatable bonds is 7. The second-order valence-electron chi connectivity index (χ2n) is 6.68. The molecule has 0 radical (unpaired) electrons. The first-order chi connectivity index (χ1) is 11.8. The molecule has 0 unspecified atom stereocenters. The van der Waals surface area contributed by atoms with Crippen LogP contribution < -0.4 is 0 Å². The maximum Gasteiger partial charge on any atom is 0.0239 e. The summed E-state index contributed by atoms with van der Waals surface area (Å²) in [4.78, 5) is 2.46.